The van der Waals surface area contributed by atoms with E-state index in [0.717, 1.165) is 11.1 Å². The van der Waals surface area contributed by atoms with E-state index in [-0.39, 0.29) is 12.3 Å². The van der Waals surface area contributed by atoms with Gasteiger partial charge in [-0.15, -0.1) is 0 Å². The van der Waals surface area contributed by atoms with Crippen molar-refractivity contribution in [1.29, 1.82) is 0 Å². The van der Waals surface area contributed by atoms with E-state index in [1.165, 1.54) is 0 Å². The Balaban J connectivity index is 1.86. The molecule has 0 aliphatic rings. The molecule has 2 rings (SSSR count). The van der Waals surface area contributed by atoms with E-state index >= 15 is 0 Å². The average molecular weight is 351 g/mol. The van der Waals surface area contributed by atoms with Gasteiger partial charge >= 0.3 is 0 Å². The number of carbonyl (C=O) groups is 2. The van der Waals surface area contributed by atoms with Crippen LogP contribution in [0.3, 0.4) is 0 Å². The van der Waals surface area contributed by atoms with Gasteiger partial charge in [0.25, 0.3) is 0 Å². The zero-order valence-corrected chi connectivity index (χ0v) is 14.0. The van der Waals surface area contributed by atoms with Crippen molar-refractivity contribution in [2.24, 2.45) is 0 Å². The number of benzene rings is 2. The summed E-state index contributed by atoms with van der Waals surface area (Å²) in [5.74, 6) is -0.839. The largest absolute Gasteiger partial charge is 0.352 e. The van der Waals surface area contributed by atoms with Crippen molar-refractivity contribution >= 4 is 40.7 Å². The first-order chi connectivity index (χ1) is 11.0. The van der Waals surface area contributed by atoms with Crippen LogP contribution in [0, 0.1) is 6.92 Å². The van der Waals surface area contributed by atoms with Gasteiger partial charge in [-0.05, 0) is 24.6 Å². The Bertz CT molecular complexity index is 712. The first-order valence-electron chi connectivity index (χ1n) is 7.02. The number of carbonyl (C=O) groups excluding carboxylic acids is 2. The van der Waals surface area contributed by atoms with Crippen LogP contribution < -0.4 is 10.6 Å². The van der Waals surface area contributed by atoms with Gasteiger partial charge in [0.1, 0.15) is 6.42 Å². The van der Waals surface area contributed by atoms with E-state index in [0.29, 0.717) is 22.3 Å². The van der Waals surface area contributed by atoms with E-state index in [2.05, 4.69) is 10.6 Å². The van der Waals surface area contributed by atoms with Crippen LogP contribution in [-0.2, 0) is 16.1 Å². The number of nitrogens with one attached hydrogen (secondary N) is 2. The molecule has 23 heavy (non-hydrogen) atoms. The highest BCUT2D eigenvalue weighted by atomic mass is 35.5. The van der Waals surface area contributed by atoms with Gasteiger partial charge in [-0.25, -0.2) is 0 Å². The molecule has 120 valence electrons. The van der Waals surface area contributed by atoms with Crippen LogP contribution in [0.1, 0.15) is 17.5 Å². The van der Waals surface area contributed by atoms with Gasteiger partial charge in [0.05, 0.1) is 15.7 Å². The van der Waals surface area contributed by atoms with E-state index in [1.807, 2.05) is 31.2 Å². The van der Waals surface area contributed by atoms with Crippen molar-refractivity contribution in [1.82, 2.24) is 5.32 Å². The van der Waals surface area contributed by atoms with Crippen LogP contribution in [0.2, 0.25) is 10.0 Å². The number of anilines is 1. The molecule has 2 N–H and O–H groups in total. The van der Waals surface area contributed by atoms with Gasteiger partial charge in [0.15, 0.2) is 0 Å². The van der Waals surface area contributed by atoms with Gasteiger partial charge in [-0.2, -0.15) is 0 Å². The van der Waals surface area contributed by atoms with Crippen molar-refractivity contribution < 1.29 is 9.59 Å². The molecule has 2 aromatic carbocycles. The highest BCUT2D eigenvalue weighted by Gasteiger charge is 2.13. The molecule has 0 saturated carbocycles. The summed E-state index contributed by atoms with van der Waals surface area (Å²) < 4.78 is 0. The number of hydrogen-bond donors (Lipinski definition) is 2. The summed E-state index contributed by atoms with van der Waals surface area (Å²) in [6, 6.07) is 12.7. The standard InChI is InChI=1S/C17H16Cl2N2O2/c1-11-4-2-5-12(8-11)10-20-15(22)9-16(23)21-17-13(18)6-3-7-14(17)19/h2-8H,9-10H2,1H3,(H,20,22)(H,21,23). The molecule has 0 heterocycles. The molecule has 0 aromatic heterocycles. The zero-order chi connectivity index (χ0) is 16.8. The van der Waals surface area contributed by atoms with Crippen LogP contribution in [0.15, 0.2) is 42.5 Å². The lowest BCUT2D eigenvalue weighted by Gasteiger charge is -2.09. The van der Waals surface area contributed by atoms with Gasteiger partial charge < -0.3 is 10.6 Å². The summed E-state index contributed by atoms with van der Waals surface area (Å²) in [5.41, 5.74) is 2.41. The second kappa shape index (κ2) is 7.99. The predicted octanol–water partition coefficient (Wildman–Crippen LogP) is 3.95. The maximum absolute atomic E-state index is 11.9. The highest BCUT2D eigenvalue weighted by molar-refractivity contribution is 6.39. The minimum absolute atomic E-state index is 0.298. The molecule has 0 saturated heterocycles. The minimum atomic E-state index is -0.471. The monoisotopic (exact) mass is 350 g/mol. The maximum atomic E-state index is 11.9. The number of halogens is 2. The third-order valence-electron chi connectivity index (χ3n) is 3.12. The van der Waals surface area contributed by atoms with Gasteiger partial charge in [-0.1, -0.05) is 59.1 Å². The predicted molar refractivity (Wildman–Crippen MR) is 92.7 cm³/mol. The number of amides is 2. The lowest BCUT2D eigenvalue weighted by atomic mass is 10.1. The molecule has 2 amide bonds. The summed E-state index contributed by atoms with van der Waals surface area (Å²) in [4.78, 5) is 23.7. The number of rotatable bonds is 5. The molecule has 0 atom stereocenters. The SMILES string of the molecule is Cc1cccc(CNC(=O)CC(=O)Nc2c(Cl)cccc2Cl)c1. The van der Waals surface area contributed by atoms with Crippen molar-refractivity contribution in [3.63, 3.8) is 0 Å². The Kier molecular flexibility index (Phi) is 6.02. The molecule has 0 spiro atoms. The molecule has 0 aliphatic heterocycles. The number of aryl methyl sites for hydroxylation is 1. The topological polar surface area (TPSA) is 58.2 Å². The van der Waals surface area contributed by atoms with E-state index in [1.54, 1.807) is 18.2 Å². The molecule has 6 heteroatoms. The first kappa shape index (κ1) is 17.3. The molecular weight excluding hydrogens is 335 g/mol. The fraction of sp³-hybridized carbons (Fsp3) is 0.176. The summed E-state index contributed by atoms with van der Waals surface area (Å²) in [5, 5.41) is 5.91. The van der Waals surface area contributed by atoms with Crippen LogP contribution >= 0.6 is 23.2 Å². The Morgan fingerprint density at radius 3 is 2.30 bits per heavy atom. The highest BCUT2D eigenvalue weighted by Crippen LogP contribution is 2.29. The maximum Gasteiger partial charge on any atom is 0.233 e. The van der Waals surface area contributed by atoms with Crippen LogP contribution in [0.4, 0.5) is 5.69 Å². The fourth-order valence-corrected chi connectivity index (χ4v) is 2.52. The first-order valence-corrected chi connectivity index (χ1v) is 7.77. The third-order valence-corrected chi connectivity index (χ3v) is 3.75. The summed E-state index contributed by atoms with van der Waals surface area (Å²) in [6.07, 6.45) is -0.298. The summed E-state index contributed by atoms with van der Waals surface area (Å²) in [6.45, 7) is 2.35. The lowest BCUT2D eigenvalue weighted by Crippen LogP contribution is -2.27. The van der Waals surface area contributed by atoms with Crippen molar-refractivity contribution in [3.8, 4) is 0 Å². The normalized spacial score (nSPS) is 10.2. The Morgan fingerprint density at radius 1 is 1.00 bits per heavy atom. The zero-order valence-electron chi connectivity index (χ0n) is 12.5. The van der Waals surface area contributed by atoms with E-state index in [9.17, 15) is 9.59 Å². The quantitative estimate of drug-likeness (QED) is 0.802. The van der Waals surface area contributed by atoms with Crippen LogP contribution in [0.5, 0.6) is 0 Å². The average Bonchev–Trinajstić information content (AvgIpc) is 2.49. The van der Waals surface area contributed by atoms with E-state index < -0.39 is 5.91 Å². The molecule has 0 aliphatic carbocycles. The summed E-state index contributed by atoms with van der Waals surface area (Å²) >= 11 is 11.9. The minimum Gasteiger partial charge on any atom is -0.352 e. The van der Waals surface area contributed by atoms with Crippen molar-refractivity contribution in [2.75, 3.05) is 5.32 Å². The Hall–Kier alpha value is -2.04. The Morgan fingerprint density at radius 2 is 1.65 bits per heavy atom. The smallest absolute Gasteiger partial charge is 0.233 e. The van der Waals surface area contributed by atoms with Gasteiger partial charge in [0.2, 0.25) is 11.8 Å². The second-order valence-corrected chi connectivity index (χ2v) is 5.90. The van der Waals surface area contributed by atoms with E-state index in [4.69, 9.17) is 23.2 Å². The van der Waals surface area contributed by atoms with Gasteiger partial charge in [0, 0.05) is 6.54 Å². The molecule has 4 nitrogen and oxygen atoms in total. The summed E-state index contributed by atoms with van der Waals surface area (Å²) in [7, 11) is 0. The lowest BCUT2D eigenvalue weighted by molar-refractivity contribution is -0.126. The second-order valence-electron chi connectivity index (χ2n) is 5.09. The van der Waals surface area contributed by atoms with Gasteiger partial charge in [-0.3, -0.25) is 9.59 Å². The van der Waals surface area contributed by atoms with Crippen molar-refractivity contribution in [2.45, 2.75) is 19.9 Å². The Labute approximate surface area is 144 Å². The number of para-hydroxylation sites is 1. The van der Waals surface area contributed by atoms with Crippen LogP contribution in [-0.4, -0.2) is 11.8 Å². The third kappa shape index (κ3) is 5.27. The number of hydrogen-bond acceptors (Lipinski definition) is 2. The molecule has 0 bridgehead atoms. The molecule has 0 radical (unpaired) electrons. The van der Waals surface area contributed by atoms with Crippen molar-refractivity contribution in [3.05, 3.63) is 63.6 Å². The molecule has 0 fully saturated rings. The molecule has 0 unspecified atom stereocenters. The fourth-order valence-electron chi connectivity index (χ4n) is 2.03. The molecule has 2 aromatic rings. The molecular formula is C17H16Cl2N2O2. The van der Waals surface area contributed by atoms with Crippen LogP contribution in [0.25, 0.3) is 0 Å².